The van der Waals surface area contributed by atoms with Crippen LogP contribution in [0.2, 0.25) is 0 Å². The standard InChI is InChI=1S/C19H21FN2O2.ClH/c1-2-24-17-8-6-14(7-9-17)19(23)22-11-10-21-13-18(22)15-4-3-5-16(20)12-15;/h3-9,12,18,21H,2,10-11,13H2,1H3;1H. The molecule has 0 aromatic heterocycles. The average molecular weight is 365 g/mol. The van der Waals surface area contributed by atoms with Crippen LogP contribution in [0.5, 0.6) is 5.75 Å². The molecule has 4 nitrogen and oxygen atoms in total. The molecule has 1 amide bonds. The Bertz CT molecular complexity index is 709. The fraction of sp³-hybridized carbons (Fsp3) is 0.316. The van der Waals surface area contributed by atoms with Gasteiger partial charge in [0.15, 0.2) is 0 Å². The molecule has 0 bridgehead atoms. The molecule has 1 aliphatic rings. The third-order valence-electron chi connectivity index (χ3n) is 4.15. The Morgan fingerprint density at radius 3 is 2.72 bits per heavy atom. The topological polar surface area (TPSA) is 41.6 Å². The summed E-state index contributed by atoms with van der Waals surface area (Å²) in [6, 6.07) is 13.4. The van der Waals surface area contributed by atoms with E-state index in [1.165, 1.54) is 12.1 Å². The number of nitrogens with zero attached hydrogens (tertiary/aromatic N) is 1. The number of carbonyl (C=O) groups excluding carboxylic acids is 1. The first-order valence-electron chi connectivity index (χ1n) is 8.19. The highest BCUT2D eigenvalue weighted by Gasteiger charge is 2.28. The van der Waals surface area contributed by atoms with Crippen molar-refractivity contribution < 1.29 is 13.9 Å². The van der Waals surface area contributed by atoms with Gasteiger partial charge in [-0.05, 0) is 48.9 Å². The van der Waals surface area contributed by atoms with Crippen LogP contribution >= 0.6 is 12.4 Å². The lowest BCUT2D eigenvalue weighted by Gasteiger charge is -2.36. The summed E-state index contributed by atoms with van der Waals surface area (Å²) in [6.45, 7) is 4.45. The van der Waals surface area contributed by atoms with Gasteiger partial charge in [0, 0.05) is 25.2 Å². The summed E-state index contributed by atoms with van der Waals surface area (Å²) in [4.78, 5) is 14.7. The molecular formula is C19H22ClFN2O2. The molecule has 2 aromatic rings. The molecule has 134 valence electrons. The molecule has 0 spiro atoms. The minimum atomic E-state index is -0.286. The number of carbonyl (C=O) groups is 1. The van der Waals surface area contributed by atoms with Crippen LogP contribution in [0.25, 0.3) is 0 Å². The zero-order chi connectivity index (χ0) is 16.9. The van der Waals surface area contributed by atoms with Crippen LogP contribution in [0.3, 0.4) is 0 Å². The Labute approximate surface area is 153 Å². The maximum Gasteiger partial charge on any atom is 0.254 e. The third-order valence-corrected chi connectivity index (χ3v) is 4.15. The number of benzene rings is 2. The third kappa shape index (κ3) is 4.50. The first-order chi connectivity index (χ1) is 11.7. The molecule has 1 aliphatic heterocycles. The smallest absolute Gasteiger partial charge is 0.254 e. The SMILES string of the molecule is CCOc1ccc(C(=O)N2CCNCC2c2cccc(F)c2)cc1.Cl. The summed E-state index contributed by atoms with van der Waals surface area (Å²) in [5, 5.41) is 3.28. The van der Waals surface area contributed by atoms with Crippen LogP contribution in [0.4, 0.5) is 4.39 Å². The molecule has 3 rings (SSSR count). The van der Waals surface area contributed by atoms with Crippen molar-refractivity contribution in [2.45, 2.75) is 13.0 Å². The van der Waals surface area contributed by atoms with Crippen LogP contribution in [-0.4, -0.2) is 37.0 Å². The number of ether oxygens (including phenoxy) is 1. The fourth-order valence-corrected chi connectivity index (χ4v) is 2.99. The zero-order valence-corrected chi connectivity index (χ0v) is 14.9. The number of hydrogen-bond donors (Lipinski definition) is 1. The van der Waals surface area contributed by atoms with E-state index in [1.807, 2.05) is 13.0 Å². The Balaban J connectivity index is 0.00000225. The second-order valence-corrected chi connectivity index (χ2v) is 5.73. The number of nitrogens with one attached hydrogen (secondary N) is 1. The van der Waals surface area contributed by atoms with Crippen LogP contribution < -0.4 is 10.1 Å². The monoisotopic (exact) mass is 364 g/mol. The summed E-state index contributed by atoms with van der Waals surface area (Å²) in [5.41, 5.74) is 1.42. The molecule has 1 heterocycles. The van der Waals surface area contributed by atoms with E-state index in [0.717, 1.165) is 17.9 Å². The van der Waals surface area contributed by atoms with Crippen LogP contribution in [0.15, 0.2) is 48.5 Å². The van der Waals surface area contributed by atoms with Crippen molar-refractivity contribution in [3.63, 3.8) is 0 Å². The minimum Gasteiger partial charge on any atom is -0.494 e. The van der Waals surface area contributed by atoms with Gasteiger partial charge in [0.25, 0.3) is 5.91 Å². The molecule has 0 aliphatic carbocycles. The van der Waals surface area contributed by atoms with Crippen molar-refractivity contribution in [1.82, 2.24) is 10.2 Å². The molecule has 1 saturated heterocycles. The van der Waals surface area contributed by atoms with E-state index in [2.05, 4.69) is 5.32 Å². The molecule has 0 radical (unpaired) electrons. The number of halogens is 2. The highest BCUT2D eigenvalue weighted by molar-refractivity contribution is 5.94. The average Bonchev–Trinajstić information content (AvgIpc) is 2.62. The normalized spacial score (nSPS) is 16.9. The Kier molecular flexibility index (Phi) is 6.79. The predicted octanol–water partition coefficient (Wildman–Crippen LogP) is 3.43. The van der Waals surface area contributed by atoms with Gasteiger partial charge in [-0.2, -0.15) is 0 Å². The quantitative estimate of drug-likeness (QED) is 0.903. The van der Waals surface area contributed by atoms with Crippen LogP contribution in [0.1, 0.15) is 28.9 Å². The maximum absolute atomic E-state index is 13.6. The maximum atomic E-state index is 13.6. The van der Waals surface area contributed by atoms with Gasteiger partial charge in [0.1, 0.15) is 11.6 Å². The molecule has 2 aromatic carbocycles. The van der Waals surface area contributed by atoms with Gasteiger partial charge in [0.05, 0.1) is 12.6 Å². The van der Waals surface area contributed by atoms with Crippen LogP contribution in [-0.2, 0) is 0 Å². The van der Waals surface area contributed by atoms with Crippen molar-refractivity contribution in [1.29, 1.82) is 0 Å². The molecule has 0 saturated carbocycles. The molecule has 1 unspecified atom stereocenters. The lowest BCUT2D eigenvalue weighted by molar-refractivity contribution is 0.0634. The van der Waals surface area contributed by atoms with Crippen molar-refractivity contribution >= 4 is 18.3 Å². The Morgan fingerprint density at radius 1 is 1.28 bits per heavy atom. The summed E-state index contributed by atoms with van der Waals surface area (Å²) in [5.74, 6) is 0.413. The molecule has 6 heteroatoms. The van der Waals surface area contributed by atoms with Gasteiger partial charge in [-0.3, -0.25) is 4.79 Å². The van der Waals surface area contributed by atoms with E-state index in [4.69, 9.17) is 4.74 Å². The van der Waals surface area contributed by atoms with E-state index in [-0.39, 0.29) is 30.2 Å². The number of piperazine rings is 1. The predicted molar refractivity (Wildman–Crippen MR) is 97.9 cm³/mol. The first-order valence-corrected chi connectivity index (χ1v) is 8.19. The minimum absolute atomic E-state index is 0. The molecule has 25 heavy (non-hydrogen) atoms. The molecule has 1 N–H and O–H groups in total. The van der Waals surface area contributed by atoms with E-state index in [1.54, 1.807) is 35.2 Å². The molecule has 1 fully saturated rings. The molecular weight excluding hydrogens is 343 g/mol. The van der Waals surface area contributed by atoms with E-state index in [9.17, 15) is 9.18 Å². The highest BCUT2D eigenvalue weighted by Crippen LogP contribution is 2.25. The number of amides is 1. The first kappa shape index (κ1) is 19.2. The zero-order valence-electron chi connectivity index (χ0n) is 14.1. The highest BCUT2D eigenvalue weighted by atomic mass is 35.5. The second kappa shape index (κ2) is 8.83. The second-order valence-electron chi connectivity index (χ2n) is 5.73. The van der Waals surface area contributed by atoms with Crippen LogP contribution in [0, 0.1) is 5.82 Å². The lowest BCUT2D eigenvalue weighted by atomic mass is 10.0. The van der Waals surface area contributed by atoms with E-state index >= 15 is 0 Å². The summed E-state index contributed by atoms with van der Waals surface area (Å²) >= 11 is 0. The van der Waals surface area contributed by atoms with E-state index < -0.39 is 0 Å². The summed E-state index contributed by atoms with van der Waals surface area (Å²) in [7, 11) is 0. The summed E-state index contributed by atoms with van der Waals surface area (Å²) in [6.07, 6.45) is 0. The van der Waals surface area contributed by atoms with Gasteiger partial charge in [-0.1, -0.05) is 12.1 Å². The van der Waals surface area contributed by atoms with Crippen molar-refractivity contribution in [2.24, 2.45) is 0 Å². The Hall–Kier alpha value is -2.11. The lowest BCUT2D eigenvalue weighted by Crippen LogP contribution is -2.48. The fourth-order valence-electron chi connectivity index (χ4n) is 2.99. The summed E-state index contributed by atoms with van der Waals surface area (Å²) < 4.78 is 19.0. The van der Waals surface area contributed by atoms with Gasteiger partial charge < -0.3 is 15.0 Å². The van der Waals surface area contributed by atoms with Gasteiger partial charge >= 0.3 is 0 Å². The van der Waals surface area contributed by atoms with Gasteiger partial charge in [0.2, 0.25) is 0 Å². The van der Waals surface area contributed by atoms with Crippen molar-refractivity contribution in [3.8, 4) is 5.75 Å². The Morgan fingerprint density at radius 2 is 2.04 bits per heavy atom. The van der Waals surface area contributed by atoms with Gasteiger partial charge in [-0.15, -0.1) is 12.4 Å². The molecule has 1 atom stereocenters. The van der Waals surface area contributed by atoms with E-state index in [0.29, 0.717) is 25.3 Å². The van der Waals surface area contributed by atoms with Crippen molar-refractivity contribution in [2.75, 3.05) is 26.2 Å². The number of rotatable bonds is 4. The number of hydrogen-bond acceptors (Lipinski definition) is 3. The van der Waals surface area contributed by atoms with Crippen molar-refractivity contribution in [3.05, 3.63) is 65.5 Å². The van der Waals surface area contributed by atoms with Gasteiger partial charge in [-0.25, -0.2) is 4.39 Å². The largest absolute Gasteiger partial charge is 0.494 e.